The summed E-state index contributed by atoms with van der Waals surface area (Å²) >= 11 is 0. The summed E-state index contributed by atoms with van der Waals surface area (Å²) in [5, 5.41) is 1.24. The van der Waals surface area contributed by atoms with Gasteiger partial charge in [0.15, 0.2) is 0 Å². The highest BCUT2D eigenvalue weighted by Crippen LogP contribution is 2.30. The fraction of sp³-hybridized carbons (Fsp3) is 0.158. The van der Waals surface area contributed by atoms with Gasteiger partial charge in [0.1, 0.15) is 0 Å². The van der Waals surface area contributed by atoms with E-state index in [2.05, 4.69) is 61.2 Å². The number of aromatic nitrogens is 1. The number of fused-ring (bicyclic) bond motifs is 1. The molecule has 2 aromatic rings. The smallest absolute Gasteiger partial charge is 0.0494 e. The molecule has 0 N–H and O–H groups in total. The van der Waals surface area contributed by atoms with E-state index in [1.165, 1.54) is 27.7 Å². The molecular formula is C19H21N. The molecule has 102 valence electrons. The van der Waals surface area contributed by atoms with Crippen LogP contribution in [0.1, 0.15) is 30.7 Å². The van der Waals surface area contributed by atoms with Crippen LogP contribution in [0.25, 0.3) is 28.6 Å². The summed E-state index contributed by atoms with van der Waals surface area (Å²) in [5.41, 5.74) is 5.94. The summed E-state index contributed by atoms with van der Waals surface area (Å²) in [7, 11) is 2.09. The number of allylic oxidation sites excluding steroid dienone is 4. The van der Waals surface area contributed by atoms with Crippen LogP contribution in [0.3, 0.4) is 0 Å². The topological polar surface area (TPSA) is 4.93 Å². The molecular weight excluding hydrogens is 242 g/mol. The van der Waals surface area contributed by atoms with Gasteiger partial charge in [-0.25, -0.2) is 0 Å². The molecule has 1 heterocycles. The van der Waals surface area contributed by atoms with E-state index in [9.17, 15) is 0 Å². The lowest BCUT2D eigenvalue weighted by molar-refractivity contribution is 0.953. The third-order valence-electron chi connectivity index (χ3n) is 3.68. The van der Waals surface area contributed by atoms with E-state index < -0.39 is 0 Å². The van der Waals surface area contributed by atoms with Gasteiger partial charge in [-0.3, -0.25) is 0 Å². The molecule has 20 heavy (non-hydrogen) atoms. The van der Waals surface area contributed by atoms with Gasteiger partial charge in [-0.05, 0) is 37.1 Å². The quantitative estimate of drug-likeness (QED) is 0.647. The van der Waals surface area contributed by atoms with Crippen molar-refractivity contribution in [2.24, 2.45) is 7.05 Å². The van der Waals surface area contributed by atoms with Crippen LogP contribution in [0, 0.1) is 0 Å². The van der Waals surface area contributed by atoms with E-state index in [0.29, 0.717) is 0 Å². The Balaban J connectivity index is 2.79. The van der Waals surface area contributed by atoms with Gasteiger partial charge in [0.05, 0.1) is 0 Å². The summed E-state index contributed by atoms with van der Waals surface area (Å²) in [6.45, 7) is 11.9. The third kappa shape index (κ3) is 2.16. The predicted octanol–water partition coefficient (Wildman–Crippen LogP) is 5.44. The van der Waals surface area contributed by atoms with Crippen LogP contribution in [0.5, 0.6) is 0 Å². The molecule has 1 heteroatoms. The van der Waals surface area contributed by atoms with Crippen molar-refractivity contribution in [3.63, 3.8) is 0 Å². The Morgan fingerprint density at radius 1 is 1.20 bits per heavy atom. The lowest BCUT2D eigenvalue weighted by Gasteiger charge is -2.04. The minimum absolute atomic E-state index is 1.15. The van der Waals surface area contributed by atoms with Gasteiger partial charge in [-0.15, -0.1) is 0 Å². The van der Waals surface area contributed by atoms with Crippen LogP contribution in [-0.2, 0) is 7.05 Å². The summed E-state index contributed by atoms with van der Waals surface area (Å²) in [6.07, 6.45) is 10.1. The molecule has 0 amide bonds. The fourth-order valence-electron chi connectivity index (χ4n) is 2.64. The minimum atomic E-state index is 1.15. The normalized spacial score (nSPS) is 12.2. The zero-order valence-corrected chi connectivity index (χ0v) is 12.5. The highest BCUT2D eigenvalue weighted by molar-refractivity contribution is 5.95. The molecule has 2 rings (SSSR count). The maximum absolute atomic E-state index is 3.95. The van der Waals surface area contributed by atoms with Crippen molar-refractivity contribution in [3.8, 4) is 0 Å². The number of hydrogen-bond acceptors (Lipinski definition) is 0. The molecule has 0 saturated heterocycles. The molecule has 1 aromatic carbocycles. The molecule has 0 saturated carbocycles. The van der Waals surface area contributed by atoms with Crippen LogP contribution < -0.4 is 0 Å². The zero-order chi connectivity index (χ0) is 14.7. The van der Waals surface area contributed by atoms with Crippen LogP contribution in [0.15, 0.2) is 49.6 Å². The Labute approximate surface area is 121 Å². The number of hydrogen-bond donors (Lipinski definition) is 0. The Hall–Kier alpha value is -2.28. The van der Waals surface area contributed by atoms with E-state index in [0.717, 1.165) is 5.57 Å². The largest absolute Gasteiger partial charge is 0.344 e. The van der Waals surface area contributed by atoms with Crippen molar-refractivity contribution in [1.29, 1.82) is 0 Å². The van der Waals surface area contributed by atoms with Crippen molar-refractivity contribution in [2.75, 3.05) is 0 Å². The minimum Gasteiger partial charge on any atom is -0.344 e. The van der Waals surface area contributed by atoms with Gasteiger partial charge < -0.3 is 4.57 Å². The second kappa shape index (κ2) is 5.79. The molecule has 0 radical (unpaired) electrons. The SMILES string of the molecule is C=C/C(=C\C)c1ccc2c(C=C)c(/C=C\C)n(C)c2c1. The van der Waals surface area contributed by atoms with Crippen LogP contribution in [-0.4, -0.2) is 4.57 Å². The lowest BCUT2D eigenvalue weighted by atomic mass is 10.0. The van der Waals surface area contributed by atoms with Gasteiger partial charge in [0, 0.05) is 29.2 Å². The predicted molar refractivity (Wildman–Crippen MR) is 91.6 cm³/mol. The Morgan fingerprint density at radius 3 is 2.50 bits per heavy atom. The summed E-state index contributed by atoms with van der Waals surface area (Å²) in [6, 6.07) is 6.53. The van der Waals surface area contributed by atoms with Crippen LogP contribution >= 0.6 is 0 Å². The Kier molecular flexibility index (Phi) is 4.09. The number of aryl methyl sites for hydroxylation is 1. The van der Waals surface area contributed by atoms with Crippen molar-refractivity contribution < 1.29 is 0 Å². The van der Waals surface area contributed by atoms with Crippen LogP contribution in [0.2, 0.25) is 0 Å². The van der Waals surface area contributed by atoms with Gasteiger partial charge in [0.25, 0.3) is 0 Å². The van der Waals surface area contributed by atoms with Gasteiger partial charge in [-0.2, -0.15) is 0 Å². The molecule has 0 fully saturated rings. The highest BCUT2D eigenvalue weighted by atomic mass is 14.9. The molecule has 0 atom stereocenters. The fourth-order valence-corrected chi connectivity index (χ4v) is 2.64. The van der Waals surface area contributed by atoms with Crippen molar-refractivity contribution >= 4 is 28.6 Å². The third-order valence-corrected chi connectivity index (χ3v) is 3.68. The van der Waals surface area contributed by atoms with E-state index in [1.807, 2.05) is 26.0 Å². The van der Waals surface area contributed by atoms with Gasteiger partial charge in [0.2, 0.25) is 0 Å². The molecule has 0 unspecified atom stereocenters. The lowest BCUT2D eigenvalue weighted by Crippen LogP contribution is -1.91. The van der Waals surface area contributed by atoms with Crippen molar-refractivity contribution in [2.45, 2.75) is 13.8 Å². The van der Waals surface area contributed by atoms with Crippen molar-refractivity contribution in [3.05, 3.63) is 66.4 Å². The molecule has 0 aliphatic rings. The van der Waals surface area contributed by atoms with E-state index in [4.69, 9.17) is 0 Å². The average Bonchev–Trinajstić information content (AvgIpc) is 2.73. The van der Waals surface area contributed by atoms with Gasteiger partial charge in [-0.1, -0.05) is 49.6 Å². The number of nitrogens with zero attached hydrogens (tertiary/aromatic N) is 1. The zero-order valence-electron chi connectivity index (χ0n) is 12.5. The van der Waals surface area contributed by atoms with E-state index >= 15 is 0 Å². The summed E-state index contributed by atoms with van der Waals surface area (Å²) < 4.78 is 2.21. The first-order valence-corrected chi connectivity index (χ1v) is 6.84. The number of rotatable bonds is 4. The molecule has 0 aliphatic carbocycles. The molecule has 0 aliphatic heterocycles. The Morgan fingerprint density at radius 2 is 1.95 bits per heavy atom. The van der Waals surface area contributed by atoms with Crippen molar-refractivity contribution in [1.82, 2.24) is 4.57 Å². The number of benzene rings is 1. The first-order chi connectivity index (χ1) is 9.67. The molecule has 1 nitrogen and oxygen atoms in total. The monoisotopic (exact) mass is 263 g/mol. The van der Waals surface area contributed by atoms with Crippen LogP contribution in [0.4, 0.5) is 0 Å². The van der Waals surface area contributed by atoms with Gasteiger partial charge >= 0.3 is 0 Å². The first kappa shape index (κ1) is 14.1. The summed E-state index contributed by atoms with van der Waals surface area (Å²) in [4.78, 5) is 0. The second-order valence-electron chi connectivity index (χ2n) is 4.74. The maximum atomic E-state index is 3.95. The second-order valence-corrected chi connectivity index (χ2v) is 4.74. The standard InChI is InChI=1S/C19H21N/c1-6-10-18-16(9-4)17-12-11-15(14(7-2)8-3)13-19(17)20(18)5/h6-13H,2,4H2,1,3,5H3/b10-6-,14-8+. The molecule has 1 aromatic heterocycles. The summed E-state index contributed by atoms with van der Waals surface area (Å²) in [5.74, 6) is 0. The van der Waals surface area contributed by atoms with E-state index in [-0.39, 0.29) is 0 Å². The Bertz CT molecular complexity index is 724. The maximum Gasteiger partial charge on any atom is 0.0494 e. The highest BCUT2D eigenvalue weighted by Gasteiger charge is 2.11. The molecule has 0 spiro atoms. The molecule has 0 bridgehead atoms. The average molecular weight is 263 g/mol. The van der Waals surface area contributed by atoms with E-state index in [1.54, 1.807) is 0 Å². The first-order valence-electron chi connectivity index (χ1n) is 6.84.